The number of fused-ring (bicyclic) bond motifs is 1. The smallest absolute Gasteiger partial charge is 0.249 e. The fourth-order valence-corrected chi connectivity index (χ4v) is 3.69. The Kier molecular flexibility index (Phi) is 5.68. The second kappa shape index (κ2) is 8.28. The molecule has 0 saturated carbocycles. The van der Waals surface area contributed by atoms with Crippen molar-refractivity contribution in [1.29, 1.82) is 0 Å². The van der Waals surface area contributed by atoms with Crippen LogP contribution in [0.5, 0.6) is 11.6 Å². The van der Waals surface area contributed by atoms with E-state index in [1.165, 1.54) is 24.5 Å². The highest BCUT2D eigenvalue weighted by Gasteiger charge is 2.43. The van der Waals surface area contributed by atoms with Crippen molar-refractivity contribution in [3.05, 3.63) is 59.1 Å². The number of anilines is 1. The van der Waals surface area contributed by atoms with Gasteiger partial charge in [0.1, 0.15) is 12.1 Å². The normalized spacial score (nSPS) is 14.8. The molecule has 7 nitrogen and oxygen atoms in total. The summed E-state index contributed by atoms with van der Waals surface area (Å²) >= 11 is 11.7. The Bertz CT molecular complexity index is 1180. The van der Waals surface area contributed by atoms with E-state index in [1.54, 1.807) is 17.0 Å². The van der Waals surface area contributed by atoms with Crippen LogP contribution in [0.4, 0.5) is 10.2 Å². The number of carbonyl (C=O) groups excluding carboxylic acids is 1. The first kappa shape index (κ1) is 21.3. The number of carbonyl (C=O) groups is 1. The molecule has 0 aliphatic carbocycles. The van der Waals surface area contributed by atoms with Crippen LogP contribution >= 0.6 is 23.2 Å². The van der Waals surface area contributed by atoms with Gasteiger partial charge in [-0.1, -0.05) is 36.7 Å². The molecule has 160 valence electrons. The molecular weight excluding hydrogens is 444 g/mol. The molecule has 0 unspecified atom stereocenters. The predicted molar refractivity (Wildman–Crippen MR) is 117 cm³/mol. The number of halogens is 3. The van der Waals surface area contributed by atoms with Crippen LogP contribution in [-0.2, 0) is 4.79 Å². The number of nitrogens with zero attached hydrogens (tertiary/aromatic N) is 4. The maximum atomic E-state index is 14.4. The molecule has 31 heavy (non-hydrogen) atoms. The van der Waals surface area contributed by atoms with Gasteiger partial charge in [0, 0.05) is 13.1 Å². The minimum atomic E-state index is -0.790. The zero-order chi connectivity index (χ0) is 22.2. The highest BCUT2D eigenvalue weighted by Crippen LogP contribution is 2.35. The Labute approximate surface area is 187 Å². The second-order valence-corrected chi connectivity index (χ2v) is 7.96. The van der Waals surface area contributed by atoms with E-state index in [1.807, 2.05) is 6.92 Å². The first-order valence-corrected chi connectivity index (χ1v) is 10.2. The van der Waals surface area contributed by atoms with E-state index in [-0.39, 0.29) is 33.1 Å². The number of ether oxygens (including phenoxy) is 1. The van der Waals surface area contributed by atoms with Crippen LogP contribution in [-0.4, -0.2) is 44.4 Å². The third-order valence-electron chi connectivity index (χ3n) is 5.20. The lowest BCUT2D eigenvalue weighted by atomic mass is 9.86. The highest BCUT2D eigenvalue weighted by molar-refractivity contribution is 6.42. The molecule has 1 aliphatic rings. The number of nitrogens with one attached hydrogen (secondary N) is 1. The molecular formula is C21H18Cl2FN5O2. The van der Waals surface area contributed by atoms with Crippen molar-refractivity contribution < 1.29 is 13.9 Å². The lowest BCUT2D eigenvalue weighted by Crippen LogP contribution is -2.66. The molecule has 1 N–H and O–H groups in total. The van der Waals surface area contributed by atoms with Gasteiger partial charge in [-0.3, -0.25) is 4.79 Å². The summed E-state index contributed by atoms with van der Waals surface area (Å²) in [5, 5.41) is 3.25. The summed E-state index contributed by atoms with van der Waals surface area (Å²) < 4.78 is 20.1. The highest BCUT2D eigenvalue weighted by atomic mass is 35.5. The number of pyridine rings is 1. The average Bonchev–Trinajstić information content (AvgIpc) is 2.76. The SMILES string of the molecule is C=CC(=O)N1CC(CC)(Nc2ccc3ncnc(Oc4ccc(Cl)c(Cl)c4F)c3n2)C1. The molecule has 10 heteroatoms. The molecule has 1 fully saturated rings. The zero-order valence-corrected chi connectivity index (χ0v) is 18.0. The first-order chi connectivity index (χ1) is 14.9. The van der Waals surface area contributed by atoms with E-state index in [0.29, 0.717) is 29.9 Å². The maximum absolute atomic E-state index is 14.4. The fraction of sp³-hybridized carbons (Fsp3) is 0.238. The van der Waals surface area contributed by atoms with Crippen LogP contribution in [0.15, 0.2) is 43.2 Å². The van der Waals surface area contributed by atoms with E-state index in [4.69, 9.17) is 27.9 Å². The Morgan fingerprint density at radius 1 is 1.32 bits per heavy atom. The van der Waals surface area contributed by atoms with Gasteiger partial charge in [-0.15, -0.1) is 0 Å². The van der Waals surface area contributed by atoms with Crippen LogP contribution < -0.4 is 10.1 Å². The number of rotatable bonds is 6. The van der Waals surface area contributed by atoms with E-state index in [0.717, 1.165) is 6.42 Å². The van der Waals surface area contributed by atoms with Gasteiger partial charge >= 0.3 is 0 Å². The quantitative estimate of drug-likeness (QED) is 0.417. The number of hydrogen-bond donors (Lipinski definition) is 1. The summed E-state index contributed by atoms with van der Waals surface area (Å²) in [5.74, 6) is -0.383. The van der Waals surface area contributed by atoms with Gasteiger partial charge in [0.15, 0.2) is 17.1 Å². The van der Waals surface area contributed by atoms with Crippen molar-refractivity contribution in [1.82, 2.24) is 19.9 Å². The minimum absolute atomic E-state index is 0.0774. The number of benzene rings is 1. The molecule has 1 saturated heterocycles. The van der Waals surface area contributed by atoms with Crippen LogP contribution in [0.3, 0.4) is 0 Å². The van der Waals surface area contributed by atoms with Gasteiger partial charge in [0.25, 0.3) is 0 Å². The van der Waals surface area contributed by atoms with Crippen molar-refractivity contribution in [3.8, 4) is 11.6 Å². The van der Waals surface area contributed by atoms with Gasteiger partial charge in [0.2, 0.25) is 11.8 Å². The molecule has 0 spiro atoms. The first-order valence-electron chi connectivity index (χ1n) is 9.48. The summed E-state index contributed by atoms with van der Waals surface area (Å²) in [4.78, 5) is 26.4. The molecule has 1 aliphatic heterocycles. The summed E-state index contributed by atoms with van der Waals surface area (Å²) in [7, 11) is 0. The zero-order valence-electron chi connectivity index (χ0n) is 16.5. The Morgan fingerprint density at radius 3 is 2.81 bits per heavy atom. The van der Waals surface area contributed by atoms with Crippen LogP contribution in [0, 0.1) is 5.82 Å². The monoisotopic (exact) mass is 461 g/mol. The van der Waals surface area contributed by atoms with Crippen molar-refractivity contribution in [2.24, 2.45) is 0 Å². The van der Waals surface area contributed by atoms with Crippen LogP contribution in [0.2, 0.25) is 10.0 Å². The molecule has 2 aromatic heterocycles. The molecule has 1 amide bonds. The fourth-order valence-electron chi connectivity index (χ4n) is 3.39. The van der Waals surface area contributed by atoms with E-state index >= 15 is 0 Å². The molecule has 1 aromatic carbocycles. The van der Waals surface area contributed by atoms with Crippen LogP contribution in [0.1, 0.15) is 13.3 Å². The van der Waals surface area contributed by atoms with Crippen LogP contribution in [0.25, 0.3) is 11.0 Å². The number of hydrogen-bond acceptors (Lipinski definition) is 6. The molecule has 0 bridgehead atoms. The summed E-state index contributed by atoms with van der Waals surface area (Å²) in [5.41, 5.74) is 0.576. The summed E-state index contributed by atoms with van der Waals surface area (Å²) in [6, 6.07) is 6.35. The predicted octanol–water partition coefficient (Wildman–Crippen LogP) is 4.85. The van der Waals surface area contributed by atoms with E-state index < -0.39 is 5.82 Å². The average molecular weight is 462 g/mol. The standard InChI is InChI=1S/C21H18Cl2FN5O2/c1-3-16(30)29-9-21(4-2,10-29)28-15-8-6-13-19(27-15)20(26-11-25-13)31-14-7-5-12(22)17(23)18(14)24/h3,5-8,11H,1,4,9-10H2,2H3,(H,27,28). The van der Waals surface area contributed by atoms with Gasteiger partial charge in [0.05, 0.1) is 21.1 Å². The van der Waals surface area contributed by atoms with E-state index in [2.05, 4.69) is 26.8 Å². The topological polar surface area (TPSA) is 80.2 Å². The summed E-state index contributed by atoms with van der Waals surface area (Å²) in [6.07, 6.45) is 3.40. The van der Waals surface area contributed by atoms with Gasteiger partial charge in [-0.2, -0.15) is 4.98 Å². The Hall–Kier alpha value is -2.97. The molecule has 3 heterocycles. The number of likely N-dealkylation sites (tertiary alicyclic amines) is 1. The largest absolute Gasteiger partial charge is 0.434 e. The van der Waals surface area contributed by atoms with Gasteiger partial charge in [-0.25, -0.2) is 14.4 Å². The Morgan fingerprint density at radius 2 is 2.10 bits per heavy atom. The maximum Gasteiger partial charge on any atom is 0.249 e. The summed E-state index contributed by atoms with van der Waals surface area (Å²) in [6.45, 7) is 6.64. The molecule has 0 atom stereocenters. The molecule has 0 radical (unpaired) electrons. The van der Waals surface area contributed by atoms with Crippen molar-refractivity contribution in [3.63, 3.8) is 0 Å². The number of amides is 1. The third-order valence-corrected chi connectivity index (χ3v) is 5.98. The van der Waals surface area contributed by atoms with Crippen molar-refractivity contribution in [2.45, 2.75) is 18.9 Å². The molecule has 4 rings (SSSR count). The van der Waals surface area contributed by atoms with Crippen molar-refractivity contribution in [2.75, 3.05) is 18.4 Å². The van der Waals surface area contributed by atoms with Gasteiger partial charge < -0.3 is 15.0 Å². The van der Waals surface area contributed by atoms with E-state index in [9.17, 15) is 9.18 Å². The van der Waals surface area contributed by atoms with Gasteiger partial charge in [-0.05, 0) is 36.8 Å². The minimum Gasteiger partial charge on any atom is -0.434 e. The Balaban J connectivity index is 1.63. The third kappa shape index (κ3) is 4.00. The lowest BCUT2D eigenvalue weighted by molar-refractivity contribution is -0.132. The number of aromatic nitrogens is 3. The molecule has 3 aromatic rings. The van der Waals surface area contributed by atoms with Crippen molar-refractivity contribution >= 4 is 46.0 Å². The lowest BCUT2D eigenvalue weighted by Gasteiger charge is -2.50. The second-order valence-electron chi connectivity index (χ2n) is 7.18.